The molecule has 2 aliphatic heterocycles. The Morgan fingerprint density at radius 2 is 1.81 bits per heavy atom. The van der Waals surface area contributed by atoms with Crippen LogP contribution in [0.4, 0.5) is 4.79 Å². The number of hydrogen-bond donors (Lipinski definition) is 2. The Kier molecular flexibility index (Phi) is 3.91. The minimum absolute atomic E-state index is 0.212. The first-order valence-electron chi connectivity index (χ1n) is 9.13. The standard InChI is InChI=1S/C19H24BN3O4/c1-18(2)19(3,4)27-20(26-18)13-8-6-7-12-11(10-21-15(12)13)9-14-16(24)23(5)17(25)22-14/h6-8,10,14,21H,9H2,1-5H3,(H,22,25). The largest absolute Gasteiger partial charge is 0.497 e. The number of amides is 3. The van der Waals surface area contributed by atoms with E-state index in [2.05, 4.69) is 10.3 Å². The topological polar surface area (TPSA) is 83.7 Å². The number of rotatable bonds is 3. The predicted molar refractivity (Wildman–Crippen MR) is 103 cm³/mol. The zero-order valence-corrected chi connectivity index (χ0v) is 16.3. The van der Waals surface area contributed by atoms with Crippen molar-refractivity contribution < 1.29 is 18.9 Å². The van der Waals surface area contributed by atoms with Crippen LogP contribution in [0.2, 0.25) is 0 Å². The third-order valence-electron chi connectivity index (χ3n) is 6.00. The molecule has 1 aromatic heterocycles. The number of aromatic nitrogens is 1. The molecule has 2 fully saturated rings. The second-order valence-corrected chi connectivity index (χ2v) is 8.28. The molecule has 2 N–H and O–H groups in total. The van der Waals surface area contributed by atoms with E-state index in [1.54, 1.807) is 0 Å². The van der Waals surface area contributed by atoms with Crippen molar-refractivity contribution >= 4 is 35.4 Å². The van der Waals surface area contributed by atoms with E-state index >= 15 is 0 Å². The Hall–Kier alpha value is -2.32. The minimum Gasteiger partial charge on any atom is -0.399 e. The SMILES string of the molecule is CN1C(=O)NC(Cc2c[nH]c3c(B4OC(C)(C)C(C)(C)O4)cccc23)C1=O. The summed E-state index contributed by atoms with van der Waals surface area (Å²) >= 11 is 0. The number of benzene rings is 1. The molecule has 1 aromatic carbocycles. The first-order valence-corrected chi connectivity index (χ1v) is 9.13. The fraction of sp³-hybridized carbons (Fsp3) is 0.474. The lowest BCUT2D eigenvalue weighted by Crippen LogP contribution is -2.41. The van der Waals surface area contributed by atoms with E-state index in [0.717, 1.165) is 26.8 Å². The van der Waals surface area contributed by atoms with E-state index in [-0.39, 0.29) is 11.9 Å². The number of likely N-dealkylation sites (N-methyl/N-ethyl adjacent to an activating group) is 1. The lowest BCUT2D eigenvalue weighted by Gasteiger charge is -2.32. The maximum Gasteiger partial charge on any atom is 0.497 e. The Morgan fingerprint density at radius 3 is 2.41 bits per heavy atom. The summed E-state index contributed by atoms with van der Waals surface area (Å²) in [6, 6.07) is 5.05. The molecule has 0 saturated carbocycles. The van der Waals surface area contributed by atoms with Gasteiger partial charge in [0.25, 0.3) is 5.91 Å². The predicted octanol–water partition coefficient (Wildman–Crippen LogP) is 1.56. The highest BCUT2D eigenvalue weighted by Gasteiger charge is 2.52. The van der Waals surface area contributed by atoms with Crippen LogP contribution in [-0.4, -0.2) is 53.2 Å². The number of aromatic amines is 1. The number of nitrogens with zero attached hydrogens (tertiary/aromatic N) is 1. The zero-order valence-electron chi connectivity index (χ0n) is 16.3. The first kappa shape index (κ1) is 18.1. The van der Waals surface area contributed by atoms with Crippen molar-refractivity contribution in [2.24, 2.45) is 0 Å². The molecule has 2 saturated heterocycles. The first-order chi connectivity index (χ1) is 12.6. The van der Waals surface area contributed by atoms with Crippen LogP contribution in [0.15, 0.2) is 24.4 Å². The Bertz CT molecular complexity index is 920. The van der Waals surface area contributed by atoms with E-state index < -0.39 is 24.4 Å². The average Bonchev–Trinajstić information content (AvgIpc) is 3.17. The van der Waals surface area contributed by atoms with Gasteiger partial charge in [-0.25, -0.2) is 4.79 Å². The number of H-pyrrole nitrogens is 1. The highest BCUT2D eigenvalue weighted by Crippen LogP contribution is 2.37. The highest BCUT2D eigenvalue weighted by molar-refractivity contribution is 6.65. The minimum atomic E-state index is -0.540. The van der Waals surface area contributed by atoms with Crippen LogP contribution >= 0.6 is 0 Å². The fourth-order valence-corrected chi connectivity index (χ4v) is 3.57. The number of urea groups is 1. The summed E-state index contributed by atoms with van der Waals surface area (Å²) in [5, 5.41) is 3.72. The van der Waals surface area contributed by atoms with Gasteiger partial charge in [0.2, 0.25) is 0 Å². The number of carbonyl (C=O) groups excluding carboxylic acids is 2. The summed E-state index contributed by atoms with van der Waals surface area (Å²) < 4.78 is 12.4. The average molecular weight is 369 g/mol. The normalized spacial score (nSPS) is 24.1. The number of fused-ring (bicyclic) bond motifs is 1. The molecule has 0 spiro atoms. The second-order valence-electron chi connectivity index (χ2n) is 8.28. The van der Waals surface area contributed by atoms with E-state index in [9.17, 15) is 9.59 Å². The lowest BCUT2D eigenvalue weighted by molar-refractivity contribution is -0.126. The summed E-state index contributed by atoms with van der Waals surface area (Å²) in [6.45, 7) is 8.10. The second kappa shape index (κ2) is 5.84. The van der Waals surface area contributed by atoms with Crippen molar-refractivity contribution in [3.63, 3.8) is 0 Å². The molecule has 1 atom stereocenters. The van der Waals surface area contributed by atoms with Gasteiger partial charge in [-0.15, -0.1) is 0 Å². The van der Waals surface area contributed by atoms with Crippen molar-refractivity contribution in [3.8, 4) is 0 Å². The van der Waals surface area contributed by atoms with Crippen molar-refractivity contribution in [3.05, 3.63) is 30.0 Å². The van der Waals surface area contributed by atoms with Gasteiger partial charge in [0.1, 0.15) is 6.04 Å². The van der Waals surface area contributed by atoms with Crippen molar-refractivity contribution in [1.82, 2.24) is 15.2 Å². The van der Waals surface area contributed by atoms with E-state index in [0.29, 0.717) is 6.42 Å². The number of carbonyl (C=O) groups is 2. The van der Waals surface area contributed by atoms with Gasteiger partial charge in [0, 0.05) is 36.0 Å². The van der Waals surface area contributed by atoms with Gasteiger partial charge in [0.15, 0.2) is 0 Å². The Morgan fingerprint density at radius 1 is 1.15 bits per heavy atom. The van der Waals surface area contributed by atoms with Crippen LogP contribution in [0.25, 0.3) is 10.9 Å². The van der Waals surface area contributed by atoms with Crippen molar-refractivity contribution in [2.75, 3.05) is 7.05 Å². The molecule has 0 radical (unpaired) electrons. The Balaban J connectivity index is 1.65. The maximum atomic E-state index is 12.2. The molecule has 4 rings (SSSR count). The Labute approximate surface area is 158 Å². The number of nitrogens with one attached hydrogen (secondary N) is 2. The van der Waals surface area contributed by atoms with E-state index in [4.69, 9.17) is 9.31 Å². The summed E-state index contributed by atoms with van der Waals surface area (Å²) in [5.74, 6) is -0.212. The molecule has 2 aliphatic rings. The molecule has 8 heteroatoms. The molecule has 142 valence electrons. The van der Waals surface area contributed by atoms with Crippen molar-refractivity contribution in [2.45, 2.75) is 51.4 Å². The molecule has 0 bridgehead atoms. The molecular weight excluding hydrogens is 345 g/mol. The summed E-state index contributed by atoms with van der Waals surface area (Å²) in [4.78, 5) is 28.3. The van der Waals surface area contributed by atoms with Crippen LogP contribution in [-0.2, 0) is 20.5 Å². The molecule has 2 aromatic rings. The maximum absolute atomic E-state index is 12.2. The smallest absolute Gasteiger partial charge is 0.399 e. The van der Waals surface area contributed by atoms with Crippen LogP contribution in [0.5, 0.6) is 0 Å². The number of imide groups is 1. The molecule has 27 heavy (non-hydrogen) atoms. The highest BCUT2D eigenvalue weighted by atomic mass is 16.7. The quantitative estimate of drug-likeness (QED) is 0.635. The molecule has 1 unspecified atom stereocenters. The summed E-state index contributed by atoms with van der Waals surface area (Å²) in [5.41, 5.74) is 1.99. The molecule has 3 amide bonds. The molecule has 3 heterocycles. The fourth-order valence-electron chi connectivity index (χ4n) is 3.57. The number of para-hydroxylation sites is 1. The lowest BCUT2D eigenvalue weighted by atomic mass is 9.77. The van der Waals surface area contributed by atoms with Crippen LogP contribution in [0, 0.1) is 0 Å². The van der Waals surface area contributed by atoms with Gasteiger partial charge < -0.3 is 19.6 Å². The van der Waals surface area contributed by atoms with Gasteiger partial charge in [-0.2, -0.15) is 0 Å². The zero-order chi connectivity index (χ0) is 19.6. The monoisotopic (exact) mass is 369 g/mol. The van der Waals surface area contributed by atoms with Gasteiger partial charge >= 0.3 is 13.1 Å². The third kappa shape index (κ3) is 2.75. The third-order valence-corrected chi connectivity index (χ3v) is 6.00. The van der Waals surface area contributed by atoms with Crippen LogP contribution < -0.4 is 10.8 Å². The molecule has 7 nitrogen and oxygen atoms in total. The molecular formula is C19H24BN3O4. The number of hydrogen-bond acceptors (Lipinski definition) is 4. The summed E-state index contributed by atoms with van der Waals surface area (Å²) in [7, 11) is 1.02. The van der Waals surface area contributed by atoms with Crippen LogP contribution in [0.3, 0.4) is 0 Å². The van der Waals surface area contributed by atoms with E-state index in [1.807, 2.05) is 52.1 Å². The van der Waals surface area contributed by atoms with Gasteiger partial charge in [-0.05, 0) is 33.3 Å². The van der Waals surface area contributed by atoms with Gasteiger partial charge in [0.05, 0.1) is 11.2 Å². The van der Waals surface area contributed by atoms with Crippen molar-refractivity contribution in [1.29, 1.82) is 0 Å². The van der Waals surface area contributed by atoms with Gasteiger partial charge in [-0.1, -0.05) is 18.2 Å². The van der Waals surface area contributed by atoms with Crippen LogP contribution in [0.1, 0.15) is 33.3 Å². The molecule has 0 aliphatic carbocycles. The van der Waals surface area contributed by atoms with Gasteiger partial charge in [-0.3, -0.25) is 9.69 Å². The van der Waals surface area contributed by atoms with E-state index in [1.165, 1.54) is 7.05 Å². The summed E-state index contributed by atoms with van der Waals surface area (Å²) in [6.07, 6.45) is 2.32.